The first-order valence-corrected chi connectivity index (χ1v) is 6.19. The van der Waals surface area contributed by atoms with E-state index in [-0.39, 0.29) is 5.91 Å². The SMILES string of the molecule is C/C=C/CCNC(=O)C1CNc2ccccc2O1. The molecule has 1 aliphatic rings. The summed E-state index contributed by atoms with van der Waals surface area (Å²) in [5.74, 6) is 0.666. The highest BCUT2D eigenvalue weighted by atomic mass is 16.5. The third kappa shape index (κ3) is 3.03. The van der Waals surface area contributed by atoms with Crippen molar-refractivity contribution in [3.8, 4) is 5.75 Å². The molecule has 1 aromatic rings. The molecule has 4 heteroatoms. The molecule has 0 fully saturated rings. The second kappa shape index (κ2) is 6.10. The van der Waals surface area contributed by atoms with Crippen LogP contribution in [-0.4, -0.2) is 25.1 Å². The molecule has 18 heavy (non-hydrogen) atoms. The average Bonchev–Trinajstić information content (AvgIpc) is 2.43. The molecule has 0 aromatic heterocycles. The van der Waals surface area contributed by atoms with Crippen molar-refractivity contribution in [3.05, 3.63) is 36.4 Å². The van der Waals surface area contributed by atoms with E-state index in [2.05, 4.69) is 10.6 Å². The standard InChI is InChI=1S/C14H18N2O2/c1-2-3-6-9-15-14(17)13-10-16-11-7-4-5-8-12(11)18-13/h2-5,7-8,13,16H,6,9-10H2,1H3,(H,15,17)/b3-2+. The van der Waals surface area contributed by atoms with Crippen molar-refractivity contribution in [2.45, 2.75) is 19.4 Å². The number of hydrogen-bond acceptors (Lipinski definition) is 3. The average molecular weight is 246 g/mol. The summed E-state index contributed by atoms with van der Waals surface area (Å²) >= 11 is 0. The van der Waals surface area contributed by atoms with Gasteiger partial charge in [-0.05, 0) is 25.5 Å². The zero-order valence-corrected chi connectivity index (χ0v) is 10.5. The van der Waals surface area contributed by atoms with Crippen LogP contribution in [0.1, 0.15) is 13.3 Å². The van der Waals surface area contributed by atoms with Gasteiger partial charge < -0.3 is 15.4 Å². The first-order chi connectivity index (χ1) is 8.81. The van der Waals surface area contributed by atoms with Gasteiger partial charge in [-0.25, -0.2) is 0 Å². The largest absolute Gasteiger partial charge is 0.477 e. The zero-order chi connectivity index (χ0) is 12.8. The summed E-state index contributed by atoms with van der Waals surface area (Å²) in [5, 5.41) is 6.06. The Kier molecular flexibility index (Phi) is 4.23. The van der Waals surface area contributed by atoms with Crippen molar-refractivity contribution in [2.24, 2.45) is 0 Å². The van der Waals surface area contributed by atoms with Crippen LogP contribution >= 0.6 is 0 Å². The summed E-state index contributed by atoms with van der Waals surface area (Å²) in [6, 6.07) is 7.64. The summed E-state index contributed by atoms with van der Waals surface area (Å²) in [5.41, 5.74) is 0.940. The van der Waals surface area contributed by atoms with Crippen molar-refractivity contribution >= 4 is 11.6 Å². The van der Waals surface area contributed by atoms with Gasteiger partial charge >= 0.3 is 0 Å². The van der Waals surface area contributed by atoms with E-state index in [0.29, 0.717) is 13.1 Å². The summed E-state index contributed by atoms with van der Waals surface area (Å²) in [4.78, 5) is 11.9. The van der Waals surface area contributed by atoms with E-state index < -0.39 is 6.10 Å². The van der Waals surface area contributed by atoms with E-state index in [1.54, 1.807) is 0 Å². The number of hydrogen-bond donors (Lipinski definition) is 2. The molecule has 0 bridgehead atoms. The number of allylic oxidation sites excluding steroid dienone is 1. The van der Waals surface area contributed by atoms with E-state index in [0.717, 1.165) is 17.9 Å². The van der Waals surface area contributed by atoms with Gasteiger partial charge in [-0.2, -0.15) is 0 Å². The van der Waals surface area contributed by atoms with Crippen molar-refractivity contribution in [2.75, 3.05) is 18.4 Å². The fourth-order valence-corrected chi connectivity index (χ4v) is 1.82. The lowest BCUT2D eigenvalue weighted by Gasteiger charge is -2.26. The van der Waals surface area contributed by atoms with Gasteiger partial charge in [0.25, 0.3) is 5.91 Å². The van der Waals surface area contributed by atoms with Gasteiger partial charge in [-0.3, -0.25) is 4.79 Å². The molecule has 0 saturated carbocycles. The number of nitrogens with one attached hydrogen (secondary N) is 2. The number of carbonyl (C=O) groups is 1. The van der Waals surface area contributed by atoms with Gasteiger partial charge in [0.05, 0.1) is 12.2 Å². The minimum absolute atomic E-state index is 0.0680. The second-order valence-corrected chi connectivity index (χ2v) is 4.13. The normalized spacial score (nSPS) is 17.7. The number of ether oxygens (including phenoxy) is 1. The van der Waals surface area contributed by atoms with E-state index in [4.69, 9.17) is 4.74 Å². The number of carbonyl (C=O) groups excluding carboxylic acids is 1. The van der Waals surface area contributed by atoms with Gasteiger partial charge in [0.1, 0.15) is 5.75 Å². The molecule has 96 valence electrons. The van der Waals surface area contributed by atoms with Crippen LogP contribution < -0.4 is 15.4 Å². The number of benzene rings is 1. The maximum absolute atomic E-state index is 11.9. The Hall–Kier alpha value is -1.97. The Morgan fingerprint density at radius 2 is 2.39 bits per heavy atom. The summed E-state index contributed by atoms with van der Waals surface area (Å²) in [6.07, 6.45) is 4.39. The summed E-state index contributed by atoms with van der Waals surface area (Å²) in [6.45, 7) is 3.12. The Bertz CT molecular complexity index is 443. The zero-order valence-electron chi connectivity index (χ0n) is 10.5. The quantitative estimate of drug-likeness (QED) is 0.630. The molecule has 2 rings (SSSR count). The van der Waals surface area contributed by atoms with Gasteiger partial charge in [-0.1, -0.05) is 24.3 Å². The molecule has 1 aliphatic heterocycles. The van der Waals surface area contributed by atoms with Crippen molar-refractivity contribution in [3.63, 3.8) is 0 Å². The molecule has 0 aliphatic carbocycles. The first kappa shape index (κ1) is 12.5. The number of para-hydroxylation sites is 2. The number of amides is 1. The van der Waals surface area contributed by atoms with E-state index in [9.17, 15) is 4.79 Å². The van der Waals surface area contributed by atoms with Crippen LogP contribution in [0.4, 0.5) is 5.69 Å². The van der Waals surface area contributed by atoms with Crippen LogP contribution in [0.3, 0.4) is 0 Å². The number of anilines is 1. The lowest BCUT2D eigenvalue weighted by molar-refractivity contribution is -0.127. The van der Waals surface area contributed by atoms with Crippen molar-refractivity contribution in [1.29, 1.82) is 0 Å². The molecule has 1 atom stereocenters. The Morgan fingerprint density at radius 3 is 3.22 bits per heavy atom. The number of rotatable bonds is 4. The molecule has 4 nitrogen and oxygen atoms in total. The highest BCUT2D eigenvalue weighted by Crippen LogP contribution is 2.28. The fourth-order valence-electron chi connectivity index (χ4n) is 1.82. The molecule has 0 saturated heterocycles. The van der Waals surface area contributed by atoms with Crippen molar-refractivity contribution < 1.29 is 9.53 Å². The molecule has 0 spiro atoms. The third-order valence-electron chi connectivity index (χ3n) is 2.77. The molecular weight excluding hydrogens is 228 g/mol. The van der Waals surface area contributed by atoms with Crippen LogP contribution in [0.15, 0.2) is 36.4 Å². The predicted octanol–water partition coefficient (Wildman–Crippen LogP) is 1.94. The van der Waals surface area contributed by atoms with Crippen LogP contribution in [0.25, 0.3) is 0 Å². The summed E-state index contributed by atoms with van der Waals surface area (Å²) < 4.78 is 5.66. The molecule has 1 heterocycles. The van der Waals surface area contributed by atoms with E-state index >= 15 is 0 Å². The monoisotopic (exact) mass is 246 g/mol. The van der Waals surface area contributed by atoms with Crippen molar-refractivity contribution in [1.82, 2.24) is 5.32 Å². The van der Waals surface area contributed by atoms with E-state index in [1.807, 2.05) is 43.3 Å². The van der Waals surface area contributed by atoms with E-state index in [1.165, 1.54) is 0 Å². The third-order valence-corrected chi connectivity index (χ3v) is 2.77. The minimum atomic E-state index is -0.453. The lowest BCUT2D eigenvalue weighted by Crippen LogP contribution is -2.44. The number of fused-ring (bicyclic) bond motifs is 1. The van der Waals surface area contributed by atoms with Gasteiger partial charge in [0.15, 0.2) is 6.10 Å². The minimum Gasteiger partial charge on any atom is -0.477 e. The molecule has 0 radical (unpaired) electrons. The molecule has 1 amide bonds. The van der Waals surface area contributed by atoms with Crippen LogP contribution in [0.5, 0.6) is 5.75 Å². The first-order valence-electron chi connectivity index (χ1n) is 6.19. The van der Waals surface area contributed by atoms with Crippen LogP contribution in [0.2, 0.25) is 0 Å². The van der Waals surface area contributed by atoms with Gasteiger partial charge in [0, 0.05) is 6.54 Å². The van der Waals surface area contributed by atoms with Crippen LogP contribution in [0, 0.1) is 0 Å². The Morgan fingerprint density at radius 1 is 1.56 bits per heavy atom. The predicted molar refractivity (Wildman–Crippen MR) is 71.8 cm³/mol. The molecule has 1 unspecified atom stereocenters. The lowest BCUT2D eigenvalue weighted by atomic mass is 10.2. The smallest absolute Gasteiger partial charge is 0.262 e. The maximum Gasteiger partial charge on any atom is 0.262 e. The highest BCUT2D eigenvalue weighted by Gasteiger charge is 2.24. The Labute approximate surface area is 107 Å². The van der Waals surface area contributed by atoms with Gasteiger partial charge in [-0.15, -0.1) is 0 Å². The highest BCUT2D eigenvalue weighted by molar-refractivity contribution is 5.83. The Balaban J connectivity index is 1.86. The molecule has 1 aromatic carbocycles. The second-order valence-electron chi connectivity index (χ2n) is 4.13. The maximum atomic E-state index is 11.9. The van der Waals surface area contributed by atoms with Gasteiger partial charge in [0.2, 0.25) is 0 Å². The summed E-state index contributed by atoms with van der Waals surface area (Å²) in [7, 11) is 0. The van der Waals surface area contributed by atoms with Crippen LogP contribution in [-0.2, 0) is 4.79 Å². The topological polar surface area (TPSA) is 50.4 Å². The molecule has 2 N–H and O–H groups in total. The molecular formula is C14H18N2O2. The fraction of sp³-hybridized carbons (Fsp3) is 0.357.